The fourth-order valence-electron chi connectivity index (χ4n) is 1.28. The normalized spacial score (nSPS) is 37.9. The Labute approximate surface area is 86.0 Å². The van der Waals surface area contributed by atoms with Crippen molar-refractivity contribution in [3.8, 4) is 0 Å². The zero-order chi connectivity index (χ0) is 11.6. The summed E-state index contributed by atoms with van der Waals surface area (Å²) in [4.78, 5) is 0. The summed E-state index contributed by atoms with van der Waals surface area (Å²) in [6, 6.07) is 0. The van der Waals surface area contributed by atoms with Gasteiger partial charge in [-0.1, -0.05) is 0 Å². The predicted molar refractivity (Wildman–Crippen MR) is 45.0 cm³/mol. The molecule has 8 nitrogen and oxygen atoms in total. The van der Waals surface area contributed by atoms with E-state index in [9.17, 15) is 8.42 Å². The van der Waals surface area contributed by atoms with Crippen molar-refractivity contribution in [3.05, 3.63) is 0 Å². The van der Waals surface area contributed by atoms with E-state index in [1.54, 1.807) is 0 Å². The van der Waals surface area contributed by atoms with E-state index in [0.717, 1.165) is 0 Å². The lowest BCUT2D eigenvalue weighted by Crippen LogP contribution is -2.50. The largest absolute Gasteiger partial charge is 0.397 e. The van der Waals surface area contributed by atoms with E-state index in [1.165, 1.54) is 0 Å². The van der Waals surface area contributed by atoms with Crippen LogP contribution in [0.1, 0.15) is 6.42 Å². The lowest BCUT2D eigenvalue weighted by atomic mass is 10.0. The molecule has 1 fully saturated rings. The van der Waals surface area contributed by atoms with Crippen molar-refractivity contribution in [1.29, 1.82) is 0 Å². The first-order valence-corrected chi connectivity index (χ1v) is 5.48. The molecule has 4 N–H and O–H groups in total. The smallest absolute Gasteiger partial charge is 0.394 e. The summed E-state index contributed by atoms with van der Waals surface area (Å²) in [5.41, 5.74) is 0. The number of hydrogen-bond donors (Lipinski definition) is 4. The van der Waals surface area contributed by atoms with Gasteiger partial charge in [0.05, 0.1) is 6.61 Å². The molecule has 0 saturated carbocycles. The first-order valence-electron chi connectivity index (χ1n) is 4.11. The molecule has 0 aliphatic carbocycles. The van der Waals surface area contributed by atoms with Crippen LogP contribution < -0.4 is 0 Å². The molecule has 1 heterocycles. The first kappa shape index (κ1) is 12.8. The van der Waals surface area contributed by atoms with Crippen molar-refractivity contribution < 1.29 is 37.2 Å². The van der Waals surface area contributed by atoms with Gasteiger partial charge in [-0.15, -0.1) is 0 Å². The van der Waals surface area contributed by atoms with Crippen molar-refractivity contribution >= 4 is 10.4 Å². The van der Waals surface area contributed by atoms with Crippen LogP contribution in [0.25, 0.3) is 0 Å². The van der Waals surface area contributed by atoms with E-state index in [4.69, 9.17) is 19.9 Å². The minimum absolute atomic E-state index is 0.272. The maximum atomic E-state index is 10.4. The van der Waals surface area contributed by atoms with Gasteiger partial charge in [0, 0.05) is 6.42 Å². The lowest BCUT2D eigenvalue weighted by Gasteiger charge is -2.34. The summed E-state index contributed by atoms with van der Waals surface area (Å²) < 4.78 is 38.0. The van der Waals surface area contributed by atoms with Gasteiger partial charge in [0.2, 0.25) is 0 Å². The van der Waals surface area contributed by atoms with Crippen molar-refractivity contribution in [2.45, 2.75) is 31.0 Å². The maximum absolute atomic E-state index is 10.4. The Morgan fingerprint density at radius 3 is 2.47 bits per heavy atom. The Balaban J connectivity index is 2.69. The van der Waals surface area contributed by atoms with Crippen LogP contribution in [0.2, 0.25) is 0 Å². The van der Waals surface area contributed by atoms with Crippen molar-refractivity contribution in [2.75, 3.05) is 6.61 Å². The van der Waals surface area contributed by atoms with E-state index in [1.807, 2.05) is 0 Å². The average molecular weight is 244 g/mol. The molecule has 15 heavy (non-hydrogen) atoms. The third-order valence-corrected chi connectivity index (χ3v) is 2.45. The molecular weight excluding hydrogens is 232 g/mol. The highest BCUT2D eigenvalue weighted by molar-refractivity contribution is 7.80. The molecule has 1 aliphatic rings. The second-order valence-electron chi connectivity index (χ2n) is 3.11. The number of aliphatic hydroxyl groups excluding tert-OH is 3. The summed E-state index contributed by atoms with van der Waals surface area (Å²) in [5.74, 6) is 0. The highest BCUT2D eigenvalue weighted by atomic mass is 32.3. The van der Waals surface area contributed by atoms with Crippen LogP contribution >= 0.6 is 0 Å². The predicted octanol–water partition coefficient (Wildman–Crippen LogP) is -2.37. The molecule has 0 spiro atoms. The summed E-state index contributed by atoms with van der Waals surface area (Å²) >= 11 is 0. The Kier molecular flexibility index (Phi) is 4.00. The van der Waals surface area contributed by atoms with Gasteiger partial charge in [0.1, 0.15) is 18.3 Å². The average Bonchev–Trinajstić information content (AvgIpc) is 2.08. The van der Waals surface area contributed by atoms with Gasteiger partial charge in [-0.05, 0) is 0 Å². The fourth-order valence-corrected chi connectivity index (χ4v) is 1.80. The van der Waals surface area contributed by atoms with Crippen LogP contribution in [0, 0.1) is 0 Å². The van der Waals surface area contributed by atoms with E-state index in [2.05, 4.69) is 8.92 Å². The standard InChI is InChI=1S/C6H12O8S/c7-2-5-4(14-15(10,11)12)1-3(8)6(9)13-5/h3-9H,1-2H2,(H,10,11,12)/t3-,4-,5-,6-/m1/s1. The molecule has 0 aromatic carbocycles. The van der Waals surface area contributed by atoms with Crippen LogP contribution in [0.5, 0.6) is 0 Å². The minimum Gasteiger partial charge on any atom is -0.394 e. The molecule has 0 aromatic rings. The van der Waals surface area contributed by atoms with Gasteiger partial charge in [0.15, 0.2) is 6.29 Å². The van der Waals surface area contributed by atoms with E-state index < -0.39 is 41.6 Å². The zero-order valence-electron chi connectivity index (χ0n) is 7.55. The molecule has 9 heteroatoms. The van der Waals surface area contributed by atoms with Crippen molar-refractivity contribution in [2.24, 2.45) is 0 Å². The third-order valence-electron chi connectivity index (χ3n) is 1.96. The molecule has 1 saturated heterocycles. The van der Waals surface area contributed by atoms with E-state index in [-0.39, 0.29) is 6.42 Å². The van der Waals surface area contributed by atoms with Gasteiger partial charge in [0.25, 0.3) is 0 Å². The molecule has 0 radical (unpaired) electrons. The molecule has 0 bridgehead atoms. The Morgan fingerprint density at radius 1 is 1.40 bits per heavy atom. The molecule has 1 aliphatic heterocycles. The number of hydrogen-bond acceptors (Lipinski definition) is 7. The molecule has 0 unspecified atom stereocenters. The highest BCUT2D eigenvalue weighted by Crippen LogP contribution is 2.22. The van der Waals surface area contributed by atoms with Gasteiger partial charge in [-0.2, -0.15) is 8.42 Å². The van der Waals surface area contributed by atoms with Crippen molar-refractivity contribution in [3.63, 3.8) is 0 Å². The Bertz CT molecular complexity index is 300. The van der Waals surface area contributed by atoms with Crippen LogP contribution in [0.3, 0.4) is 0 Å². The molecule has 0 amide bonds. The van der Waals surface area contributed by atoms with Gasteiger partial charge in [-0.3, -0.25) is 4.55 Å². The zero-order valence-corrected chi connectivity index (χ0v) is 8.37. The first-order chi connectivity index (χ1) is 6.83. The minimum atomic E-state index is -4.69. The van der Waals surface area contributed by atoms with Crippen LogP contribution in [0.15, 0.2) is 0 Å². The quantitative estimate of drug-likeness (QED) is 0.405. The van der Waals surface area contributed by atoms with Crippen LogP contribution in [-0.2, 0) is 19.3 Å². The van der Waals surface area contributed by atoms with Crippen molar-refractivity contribution in [1.82, 2.24) is 0 Å². The maximum Gasteiger partial charge on any atom is 0.397 e. The second kappa shape index (κ2) is 4.70. The highest BCUT2D eigenvalue weighted by Gasteiger charge is 2.38. The summed E-state index contributed by atoms with van der Waals surface area (Å²) in [5, 5.41) is 27.0. The van der Waals surface area contributed by atoms with Crippen LogP contribution in [0.4, 0.5) is 0 Å². The molecule has 90 valence electrons. The fraction of sp³-hybridized carbons (Fsp3) is 1.00. The van der Waals surface area contributed by atoms with Crippen LogP contribution in [-0.4, -0.2) is 59.5 Å². The Hall–Kier alpha value is -0.290. The Morgan fingerprint density at radius 2 is 2.00 bits per heavy atom. The SMILES string of the molecule is O=S(=O)(O)O[C@@H]1C[C@@H](O)[C@H](O)O[C@@H]1CO. The summed E-state index contributed by atoms with van der Waals surface area (Å²) in [6.45, 7) is -0.607. The molecule has 0 aromatic heterocycles. The lowest BCUT2D eigenvalue weighted by molar-refractivity contribution is -0.247. The number of ether oxygens (including phenoxy) is 1. The summed E-state index contributed by atoms with van der Waals surface area (Å²) in [6.07, 6.45) is -5.47. The topological polar surface area (TPSA) is 134 Å². The van der Waals surface area contributed by atoms with E-state index >= 15 is 0 Å². The van der Waals surface area contributed by atoms with Gasteiger partial charge >= 0.3 is 10.4 Å². The van der Waals surface area contributed by atoms with Gasteiger partial charge in [-0.25, -0.2) is 4.18 Å². The second-order valence-corrected chi connectivity index (χ2v) is 4.16. The number of rotatable bonds is 3. The van der Waals surface area contributed by atoms with Gasteiger partial charge < -0.3 is 20.1 Å². The monoisotopic (exact) mass is 244 g/mol. The third kappa shape index (κ3) is 3.65. The molecule has 4 atom stereocenters. The van der Waals surface area contributed by atoms with E-state index in [0.29, 0.717) is 0 Å². The summed E-state index contributed by atoms with van der Waals surface area (Å²) in [7, 11) is -4.69. The molecular formula is C6H12O8S. The molecule has 1 rings (SSSR count). The number of aliphatic hydroxyl groups is 3.